The van der Waals surface area contributed by atoms with Gasteiger partial charge in [0, 0.05) is 26.2 Å². The largest absolute Gasteiger partial charge is 0.337 e. The third-order valence-electron chi connectivity index (χ3n) is 7.13. The molecule has 1 aromatic rings. The van der Waals surface area contributed by atoms with Gasteiger partial charge in [-0.3, -0.25) is 14.6 Å². The van der Waals surface area contributed by atoms with E-state index in [0.717, 1.165) is 37.7 Å². The molecule has 31 heavy (non-hydrogen) atoms. The summed E-state index contributed by atoms with van der Waals surface area (Å²) in [6.45, 7) is 3.10. The van der Waals surface area contributed by atoms with Gasteiger partial charge in [0.15, 0.2) is 5.78 Å². The monoisotopic (exact) mass is 426 g/mol. The molecular weight excluding hydrogens is 392 g/mol. The summed E-state index contributed by atoms with van der Waals surface area (Å²) >= 11 is 0. The first-order valence-corrected chi connectivity index (χ1v) is 11.7. The van der Waals surface area contributed by atoms with Gasteiger partial charge < -0.3 is 10.2 Å². The maximum Gasteiger partial charge on any atom is 0.332 e. The van der Waals surface area contributed by atoms with Crippen LogP contribution in [0.4, 0.5) is 4.79 Å². The third kappa shape index (κ3) is 4.33. The first kappa shape index (κ1) is 21.8. The number of likely N-dealkylation sites (N-methyl/N-ethyl adjacent to an activating group) is 1. The molecule has 1 unspecified atom stereocenters. The van der Waals surface area contributed by atoms with Crippen LogP contribution in [0.15, 0.2) is 30.3 Å². The second kappa shape index (κ2) is 9.39. The fourth-order valence-electron chi connectivity index (χ4n) is 5.69. The van der Waals surface area contributed by atoms with Crippen molar-refractivity contribution in [1.82, 2.24) is 20.2 Å². The summed E-state index contributed by atoms with van der Waals surface area (Å²) in [7, 11) is 1.79. The second-order valence-corrected chi connectivity index (χ2v) is 9.19. The normalized spacial score (nSPS) is 27.5. The van der Waals surface area contributed by atoms with Gasteiger partial charge in [-0.25, -0.2) is 9.80 Å². The number of nitrogens with zero attached hydrogens (tertiary/aromatic N) is 3. The van der Waals surface area contributed by atoms with E-state index < -0.39 is 5.92 Å². The van der Waals surface area contributed by atoms with Gasteiger partial charge in [0.2, 0.25) is 5.91 Å². The molecule has 0 aromatic heterocycles. The Morgan fingerprint density at radius 1 is 1.13 bits per heavy atom. The Bertz CT molecular complexity index is 808. The van der Waals surface area contributed by atoms with Crippen molar-refractivity contribution < 1.29 is 14.4 Å². The van der Waals surface area contributed by atoms with E-state index in [4.69, 9.17) is 0 Å². The second-order valence-electron chi connectivity index (χ2n) is 9.19. The molecule has 0 spiro atoms. The highest BCUT2D eigenvalue weighted by molar-refractivity contribution is 5.93. The summed E-state index contributed by atoms with van der Waals surface area (Å²) in [6, 6.07) is 9.53. The highest BCUT2D eigenvalue weighted by Gasteiger charge is 2.53. The van der Waals surface area contributed by atoms with Crippen LogP contribution >= 0.6 is 0 Å². The molecular formula is C24H34N4O3. The molecule has 3 aliphatic rings. The molecule has 2 heterocycles. The zero-order valence-electron chi connectivity index (χ0n) is 18.6. The molecule has 168 valence electrons. The van der Waals surface area contributed by atoms with Crippen molar-refractivity contribution in [2.75, 3.05) is 20.1 Å². The van der Waals surface area contributed by atoms with Crippen LogP contribution in [0.2, 0.25) is 0 Å². The highest BCUT2D eigenvalue weighted by atomic mass is 16.2. The third-order valence-corrected chi connectivity index (χ3v) is 7.13. The lowest BCUT2D eigenvalue weighted by atomic mass is 9.74. The van der Waals surface area contributed by atoms with Crippen molar-refractivity contribution >= 4 is 17.7 Å². The Hall–Kier alpha value is -2.41. The Balaban J connectivity index is 1.58. The Morgan fingerprint density at radius 3 is 2.52 bits per heavy atom. The highest BCUT2D eigenvalue weighted by Crippen LogP contribution is 2.38. The van der Waals surface area contributed by atoms with E-state index in [-0.39, 0.29) is 42.3 Å². The van der Waals surface area contributed by atoms with Crippen molar-refractivity contribution in [3.05, 3.63) is 35.9 Å². The lowest BCUT2D eigenvalue weighted by Gasteiger charge is -2.53. The lowest BCUT2D eigenvalue weighted by molar-refractivity contribution is -0.168. The van der Waals surface area contributed by atoms with Crippen LogP contribution in [-0.4, -0.2) is 64.9 Å². The van der Waals surface area contributed by atoms with Gasteiger partial charge in [-0.1, -0.05) is 56.5 Å². The molecule has 0 bridgehead atoms. The number of carbonyl (C=O) groups is 3. The average Bonchev–Trinajstić information content (AvgIpc) is 3.29. The summed E-state index contributed by atoms with van der Waals surface area (Å²) in [6.07, 6.45) is 5.86. The van der Waals surface area contributed by atoms with Gasteiger partial charge in [0.1, 0.15) is 0 Å². The van der Waals surface area contributed by atoms with E-state index in [1.54, 1.807) is 17.1 Å². The number of hydrogen-bond donors (Lipinski definition) is 1. The molecule has 4 rings (SSSR count). The minimum Gasteiger partial charge on any atom is -0.337 e. The number of likely N-dealkylation sites (tertiary alicyclic amines) is 1. The fraction of sp³-hybridized carbons (Fsp3) is 0.625. The van der Waals surface area contributed by atoms with Crippen LogP contribution in [0.5, 0.6) is 0 Å². The van der Waals surface area contributed by atoms with Crippen molar-refractivity contribution in [3.63, 3.8) is 0 Å². The number of piperidine rings is 1. The topological polar surface area (TPSA) is 73.0 Å². The van der Waals surface area contributed by atoms with Gasteiger partial charge in [0.05, 0.1) is 24.4 Å². The van der Waals surface area contributed by atoms with Crippen molar-refractivity contribution in [3.8, 4) is 0 Å². The van der Waals surface area contributed by atoms with Crippen LogP contribution in [-0.2, 0) is 16.1 Å². The zero-order chi connectivity index (χ0) is 22.0. The Morgan fingerprint density at radius 2 is 1.84 bits per heavy atom. The van der Waals surface area contributed by atoms with Crippen molar-refractivity contribution in [1.29, 1.82) is 0 Å². The molecule has 3 fully saturated rings. The number of benzene rings is 1. The summed E-state index contributed by atoms with van der Waals surface area (Å²) in [5.74, 6) is -0.534. The number of amides is 3. The number of ketones is 1. The first-order chi connectivity index (χ1) is 15.0. The number of hydrogen-bond acceptors (Lipinski definition) is 4. The number of fused-ring (bicyclic) bond motifs is 1. The summed E-state index contributed by atoms with van der Waals surface area (Å²) in [5, 5.41) is 6.47. The van der Waals surface area contributed by atoms with E-state index in [2.05, 4.69) is 12.2 Å². The maximum atomic E-state index is 13.4. The number of nitrogens with one attached hydrogen (secondary N) is 1. The van der Waals surface area contributed by atoms with E-state index in [1.807, 2.05) is 35.2 Å². The molecule has 3 atom stereocenters. The molecule has 1 saturated carbocycles. The molecule has 2 saturated heterocycles. The molecule has 7 nitrogen and oxygen atoms in total. The number of Topliss-reactive ketones (excluding diaryl/α,β-unsaturated/α-hetero) is 1. The van der Waals surface area contributed by atoms with Crippen LogP contribution in [0, 0.1) is 11.8 Å². The molecule has 2 aliphatic heterocycles. The quantitative estimate of drug-likeness (QED) is 0.786. The van der Waals surface area contributed by atoms with Gasteiger partial charge in [0.25, 0.3) is 0 Å². The molecule has 7 heteroatoms. The fourth-order valence-corrected chi connectivity index (χ4v) is 5.69. The molecule has 3 amide bonds. The van der Waals surface area contributed by atoms with Gasteiger partial charge in [-0.05, 0) is 24.8 Å². The van der Waals surface area contributed by atoms with Gasteiger partial charge >= 0.3 is 6.03 Å². The zero-order valence-corrected chi connectivity index (χ0v) is 18.6. The van der Waals surface area contributed by atoms with E-state index in [0.29, 0.717) is 19.5 Å². The SMILES string of the molecule is CCC[C@H]1C(=O)N(C2CCCC2)C[C@H]2C1C(=O)CN(C)N2C(=O)NCc1ccccc1. The maximum absolute atomic E-state index is 13.4. The van der Waals surface area contributed by atoms with E-state index in [9.17, 15) is 14.4 Å². The molecule has 1 aliphatic carbocycles. The van der Waals surface area contributed by atoms with Crippen LogP contribution in [0.1, 0.15) is 51.0 Å². The standard InChI is InChI=1S/C24H34N4O3/c1-3-9-19-22-20(15-27(23(19)30)18-12-7-8-13-18)28(26(2)16-21(22)29)24(31)25-14-17-10-5-4-6-11-17/h4-6,10-11,18-20,22H,3,7-9,12-16H2,1-2H3,(H,25,31)/t19-,20+,22?/m1/s1. The smallest absolute Gasteiger partial charge is 0.332 e. The number of carbonyl (C=O) groups excluding carboxylic acids is 3. The Kier molecular flexibility index (Phi) is 6.60. The minimum atomic E-state index is -0.413. The number of urea groups is 1. The van der Waals surface area contributed by atoms with E-state index in [1.165, 1.54) is 0 Å². The van der Waals surface area contributed by atoms with Crippen LogP contribution < -0.4 is 5.32 Å². The Labute approximate surface area is 184 Å². The molecule has 0 radical (unpaired) electrons. The summed E-state index contributed by atoms with van der Waals surface area (Å²) in [5.41, 5.74) is 1.03. The number of rotatable bonds is 5. The molecule has 1 aromatic carbocycles. The number of hydrazine groups is 1. The average molecular weight is 427 g/mol. The minimum absolute atomic E-state index is 0.0810. The van der Waals surface area contributed by atoms with Crippen LogP contribution in [0.25, 0.3) is 0 Å². The summed E-state index contributed by atoms with van der Waals surface area (Å²) in [4.78, 5) is 41.8. The predicted octanol–water partition coefficient (Wildman–Crippen LogP) is 2.81. The first-order valence-electron chi connectivity index (χ1n) is 11.7. The van der Waals surface area contributed by atoms with Gasteiger partial charge in [-0.15, -0.1) is 0 Å². The van der Waals surface area contributed by atoms with Crippen molar-refractivity contribution in [2.24, 2.45) is 11.8 Å². The van der Waals surface area contributed by atoms with Crippen molar-refractivity contribution in [2.45, 2.75) is 64.1 Å². The van der Waals surface area contributed by atoms with E-state index >= 15 is 0 Å². The lowest BCUT2D eigenvalue weighted by Crippen LogP contribution is -2.71. The predicted molar refractivity (Wildman–Crippen MR) is 118 cm³/mol. The van der Waals surface area contributed by atoms with Crippen LogP contribution in [0.3, 0.4) is 0 Å². The van der Waals surface area contributed by atoms with Gasteiger partial charge in [-0.2, -0.15) is 0 Å². The summed E-state index contributed by atoms with van der Waals surface area (Å²) < 4.78 is 0. The molecule has 1 N–H and O–H groups in total.